The fourth-order valence-electron chi connectivity index (χ4n) is 4.69. The van der Waals surface area contributed by atoms with E-state index in [1.165, 1.54) is 4.90 Å². The van der Waals surface area contributed by atoms with E-state index in [0.717, 1.165) is 28.1 Å². The Labute approximate surface area is 260 Å². The summed E-state index contributed by atoms with van der Waals surface area (Å²) < 4.78 is 33.0. The molecule has 230 valence electrons. The number of sulfonamides is 1. The molecule has 2 amide bonds. The molecule has 0 heterocycles. The van der Waals surface area contributed by atoms with Crippen molar-refractivity contribution in [2.75, 3.05) is 17.1 Å². The highest BCUT2D eigenvalue weighted by atomic mass is 32.2. The zero-order valence-corrected chi connectivity index (χ0v) is 26.1. The smallest absolute Gasteiger partial charge is 0.244 e. The number of hydrogen-bond acceptors (Lipinski definition) is 5. The molecule has 0 bridgehead atoms. The summed E-state index contributed by atoms with van der Waals surface area (Å²) in [5, 5.41) is 3.03. The minimum Gasteiger partial charge on any atom is -0.457 e. The van der Waals surface area contributed by atoms with Gasteiger partial charge in [0.1, 0.15) is 24.1 Å². The second-order valence-electron chi connectivity index (χ2n) is 10.7. The van der Waals surface area contributed by atoms with E-state index in [1.54, 1.807) is 24.3 Å². The van der Waals surface area contributed by atoms with Crippen LogP contribution in [0.2, 0.25) is 0 Å². The molecular formula is C35H39N3O5S. The van der Waals surface area contributed by atoms with Crippen LogP contribution in [0, 0.1) is 0 Å². The molecule has 8 nitrogen and oxygen atoms in total. The molecule has 0 aliphatic rings. The average Bonchev–Trinajstić information content (AvgIpc) is 3.02. The molecule has 4 aromatic rings. The number of carbonyl (C=O) groups excluding carboxylic acids is 2. The molecule has 0 aliphatic heterocycles. The van der Waals surface area contributed by atoms with Gasteiger partial charge in [0.25, 0.3) is 0 Å². The van der Waals surface area contributed by atoms with Crippen molar-refractivity contribution >= 4 is 27.5 Å². The van der Waals surface area contributed by atoms with Crippen LogP contribution in [0.5, 0.6) is 11.5 Å². The van der Waals surface area contributed by atoms with Crippen LogP contribution in [0.15, 0.2) is 115 Å². The Bertz CT molecular complexity index is 1600. The number of benzene rings is 4. The highest BCUT2D eigenvalue weighted by molar-refractivity contribution is 7.92. The van der Waals surface area contributed by atoms with Crippen LogP contribution in [-0.4, -0.2) is 50.0 Å². The summed E-state index contributed by atoms with van der Waals surface area (Å²) in [5.41, 5.74) is 2.02. The van der Waals surface area contributed by atoms with Crippen molar-refractivity contribution in [2.24, 2.45) is 0 Å². The number of nitrogens with zero attached hydrogens (tertiary/aromatic N) is 2. The Morgan fingerprint density at radius 2 is 1.30 bits per heavy atom. The van der Waals surface area contributed by atoms with Gasteiger partial charge in [-0.05, 0) is 60.9 Å². The molecule has 0 spiro atoms. The predicted octanol–water partition coefficient (Wildman–Crippen LogP) is 5.80. The largest absolute Gasteiger partial charge is 0.457 e. The van der Waals surface area contributed by atoms with E-state index < -0.39 is 28.5 Å². The maximum absolute atomic E-state index is 14.2. The molecule has 4 rings (SSSR count). The van der Waals surface area contributed by atoms with Gasteiger partial charge in [0.15, 0.2) is 0 Å². The van der Waals surface area contributed by atoms with Gasteiger partial charge in [-0.2, -0.15) is 0 Å². The van der Waals surface area contributed by atoms with E-state index >= 15 is 0 Å². The molecule has 0 aliphatic carbocycles. The summed E-state index contributed by atoms with van der Waals surface area (Å²) in [7, 11) is -3.87. The van der Waals surface area contributed by atoms with Gasteiger partial charge in [-0.3, -0.25) is 13.9 Å². The lowest BCUT2D eigenvalue weighted by molar-refractivity contribution is -0.140. The van der Waals surface area contributed by atoms with Crippen LogP contribution >= 0.6 is 0 Å². The highest BCUT2D eigenvalue weighted by Crippen LogP contribution is 2.26. The lowest BCUT2D eigenvalue weighted by Gasteiger charge is -2.34. The van der Waals surface area contributed by atoms with Crippen molar-refractivity contribution in [1.29, 1.82) is 0 Å². The predicted molar refractivity (Wildman–Crippen MR) is 174 cm³/mol. The minimum atomic E-state index is -3.87. The topological polar surface area (TPSA) is 96.0 Å². The number of carbonyl (C=O) groups is 2. The van der Waals surface area contributed by atoms with E-state index in [2.05, 4.69) is 5.32 Å². The molecule has 2 unspecified atom stereocenters. The molecule has 0 fully saturated rings. The molecule has 9 heteroatoms. The molecule has 2 atom stereocenters. The third kappa shape index (κ3) is 9.18. The van der Waals surface area contributed by atoms with E-state index in [1.807, 2.05) is 105 Å². The van der Waals surface area contributed by atoms with Crippen LogP contribution in [0.4, 0.5) is 5.69 Å². The molecule has 0 radical (unpaired) electrons. The Morgan fingerprint density at radius 1 is 0.773 bits per heavy atom. The Balaban J connectivity index is 1.66. The van der Waals surface area contributed by atoms with Gasteiger partial charge in [-0.1, -0.05) is 85.8 Å². The van der Waals surface area contributed by atoms with Crippen molar-refractivity contribution in [1.82, 2.24) is 10.2 Å². The molecule has 0 aromatic heterocycles. The number of rotatable bonds is 14. The lowest BCUT2D eigenvalue weighted by atomic mass is 10.0. The third-order valence-electron chi connectivity index (χ3n) is 7.25. The Morgan fingerprint density at radius 3 is 1.84 bits per heavy atom. The number of anilines is 1. The van der Waals surface area contributed by atoms with Crippen molar-refractivity contribution in [3.8, 4) is 11.5 Å². The molecule has 0 saturated heterocycles. The maximum Gasteiger partial charge on any atom is 0.244 e. The second-order valence-corrected chi connectivity index (χ2v) is 12.6. The Hall–Kier alpha value is -4.63. The maximum atomic E-state index is 14.2. The zero-order valence-electron chi connectivity index (χ0n) is 25.3. The first-order valence-corrected chi connectivity index (χ1v) is 16.5. The van der Waals surface area contributed by atoms with E-state index in [4.69, 9.17) is 4.74 Å². The van der Waals surface area contributed by atoms with Crippen LogP contribution < -0.4 is 14.4 Å². The van der Waals surface area contributed by atoms with Crippen LogP contribution in [0.3, 0.4) is 0 Å². The zero-order chi connectivity index (χ0) is 31.5. The number of ether oxygens (including phenoxy) is 1. The molecule has 44 heavy (non-hydrogen) atoms. The van der Waals surface area contributed by atoms with Crippen molar-refractivity contribution in [3.05, 3.63) is 126 Å². The van der Waals surface area contributed by atoms with Gasteiger partial charge in [-0.25, -0.2) is 8.42 Å². The van der Waals surface area contributed by atoms with Gasteiger partial charge in [-0.15, -0.1) is 0 Å². The van der Waals surface area contributed by atoms with Crippen LogP contribution in [0.25, 0.3) is 0 Å². The summed E-state index contributed by atoms with van der Waals surface area (Å²) >= 11 is 0. The summed E-state index contributed by atoms with van der Waals surface area (Å²) in [6.45, 7) is 3.54. The molecule has 1 N–H and O–H groups in total. The number of para-hydroxylation sites is 1. The summed E-state index contributed by atoms with van der Waals surface area (Å²) in [4.78, 5) is 29.4. The fraction of sp³-hybridized carbons (Fsp3) is 0.257. The highest BCUT2D eigenvalue weighted by Gasteiger charge is 2.33. The van der Waals surface area contributed by atoms with Gasteiger partial charge >= 0.3 is 0 Å². The number of hydrogen-bond donors (Lipinski definition) is 1. The molecular weight excluding hydrogens is 574 g/mol. The quantitative estimate of drug-likeness (QED) is 0.194. The van der Waals surface area contributed by atoms with E-state index in [9.17, 15) is 18.0 Å². The van der Waals surface area contributed by atoms with Crippen LogP contribution in [-0.2, 0) is 32.6 Å². The standard InChI is InChI=1S/C35H39N3O5S/c1-4-27(2)36-35(40)33(24-28-14-8-5-9-15-28)37(25-29-16-10-6-11-17-29)34(39)26-38(44(3,41)42)30-20-22-32(23-21-30)43-31-18-12-7-13-19-31/h5-23,27,33H,4,24-26H2,1-3H3,(H,36,40). The van der Waals surface area contributed by atoms with Gasteiger partial charge in [0.2, 0.25) is 21.8 Å². The summed E-state index contributed by atoms with van der Waals surface area (Å²) in [6.07, 6.45) is 2.06. The summed E-state index contributed by atoms with van der Waals surface area (Å²) in [5.74, 6) is 0.382. The minimum absolute atomic E-state index is 0.0985. The second kappa shape index (κ2) is 15.2. The van der Waals surface area contributed by atoms with Gasteiger partial charge in [0, 0.05) is 19.0 Å². The monoisotopic (exact) mass is 613 g/mol. The first kappa shape index (κ1) is 32.3. The van der Waals surface area contributed by atoms with Crippen LogP contribution in [0.1, 0.15) is 31.4 Å². The van der Waals surface area contributed by atoms with Gasteiger partial charge < -0.3 is 15.0 Å². The normalized spacial score (nSPS) is 12.5. The van der Waals surface area contributed by atoms with E-state index in [0.29, 0.717) is 17.2 Å². The van der Waals surface area contributed by atoms with Crippen molar-refractivity contribution < 1.29 is 22.7 Å². The van der Waals surface area contributed by atoms with Crippen molar-refractivity contribution in [2.45, 2.75) is 45.3 Å². The summed E-state index contributed by atoms with van der Waals surface area (Å²) in [6, 6.07) is 33.7. The first-order valence-electron chi connectivity index (χ1n) is 14.6. The fourth-order valence-corrected chi connectivity index (χ4v) is 5.54. The third-order valence-corrected chi connectivity index (χ3v) is 8.39. The SMILES string of the molecule is CCC(C)NC(=O)C(Cc1ccccc1)N(Cc1ccccc1)C(=O)CN(c1ccc(Oc2ccccc2)cc1)S(C)(=O)=O. The number of amides is 2. The average molecular weight is 614 g/mol. The molecule has 0 saturated carbocycles. The van der Waals surface area contributed by atoms with Gasteiger partial charge in [0.05, 0.1) is 11.9 Å². The van der Waals surface area contributed by atoms with Crippen molar-refractivity contribution in [3.63, 3.8) is 0 Å². The molecule has 4 aromatic carbocycles. The van der Waals surface area contributed by atoms with E-state index in [-0.39, 0.29) is 24.9 Å². The lowest BCUT2D eigenvalue weighted by Crippen LogP contribution is -2.54. The first-order chi connectivity index (χ1) is 21.1. The Kier molecular flexibility index (Phi) is 11.2. The number of nitrogens with one attached hydrogen (secondary N) is 1.